The Bertz CT molecular complexity index is 405. The number of fused-ring (bicyclic) bond motifs is 1. The van der Waals surface area contributed by atoms with E-state index in [1.807, 2.05) is 6.92 Å². The first-order valence-electron chi connectivity index (χ1n) is 7.42. The van der Waals surface area contributed by atoms with Gasteiger partial charge in [-0.25, -0.2) is 0 Å². The second kappa shape index (κ2) is 6.40. The lowest BCUT2D eigenvalue weighted by Crippen LogP contribution is -2.41. The lowest BCUT2D eigenvalue weighted by atomic mass is 10.0. The topological polar surface area (TPSA) is 35.5 Å². The molecule has 0 fully saturated rings. The van der Waals surface area contributed by atoms with E-state index in [1.165, 1.54) is 11.3 Å². The van der Waals surface area contributed by atoms with Crippen LogP contribution in [0.5, 0.6) is 0 Å². The molecule has 2 rings (SSSR count). The van der Waals surface area contributed by atoms with Crippen molar-refractivity contribution in [2.24, 2.45) is 0 Å². The molecule has 2 N–H and O–H groups in total. The summed E-state index contributed by atoms with van der Waals surface area (Å²) in [4.78, 5) is 2.36. The van der Waals surface area contributed by atoms with Gasteiger partial charge in [0.1, 0.15) is 0 Å². The molecule has 0 saturated carbocycles. The number of aliphatic hydroxyl groups excluding tert-OH is 1. The minimum atomic E-state index is -0.316. The number of hydrogen-bond donors (Lipinski definition) is 2. The molecule has 0 bridgehead atoms. The highest BCUT2D eigenvalue weighted by atomic mass is 16.3. The molecule has 3 nitrogen and oxygen atoms in total. The second-order valence-electron chi connectivity index (χ2n) is 5.49. The van der Waals surface area contributed by atoms with Crippen LogP contribution in [-0.2, 0) is 0 Å². The highest BCUT2D eigenvalue weighted by molar-refractivity contribution is 5.56. The number of para-hydroxylation sites is 1. The van der Waals surface area contributed by atoms with Gasteiger partial charge in [-0.15, -0.1) is 0 Å². The van der Waals surface area contributed by atoms with E-state index in [4.69, 9.17) is 0 Å². The minimum absolute atomic E-state index is 0.154. The van der Waals surface area contributed by atoms with Gasteiger partial charge in [0.05, 0.1) is 12.1 Å². The van der Waals surface area contributed by atoms with Gasteiger partial charge in [0.2, 0.25) is 0 Å². The number of nitrogens with one attached hydrogen (secondary N) is 1. The Morgan fingerprint density at radius 1 is 1.37 bits per heavy atom. The van der Waals surface area contributed by atoms with Crippen molar-refractivity contribution in [3.05, 3.63) is 29.8 Å². The Hall–Kier alpha value is -1.06. The predicted molar refractivity (Wildman–Crippen MR) is 80.6 cm³/mol. The molecule has 3 atom stereocenters. The quantitative estimate of drug-likeness (QED) is 0.876. The molecule has 0 spiro atoms. The Balaban J connectivity index is 2.35. The molecule has 0 aromatic heterocycles. The van der Waals surface area contributed by atoms with E-state index < -0.39 is 0 Å². The zero-order valence-electron chi connectivity index (χ0n) is 12.3. The SMILES string of the molecule is CCNC1CCCN(C(C)C(C)O)c2ccccc21. The molecule has 3 unspecified atom stereocenters. The van der Waals surface area contributed by atoms with Crippen LogP contribution in [0, 0.1) is 0 Å². The number of anilines is 1. The number of rotatable bonds is 4. The summed E-state index contributed by atoms with van der Waals surface area (Å²) in [5.41, 5.74) is 2.65. The molecular formula is C16H26N2O. The minimum Gasteiger partial charge on any atom is -0.391 e. The van der Waals surface area contributed by atoms with Crippen LogP contribution in [0.25, 0.3) is 0 Å². The van der Waals surface area contributed by atoms with Crippen LogP contribution in [0.2, 0.25) is 0 Å². The molecule has 3 heteroatoms. The van der Waals surface area contributed by atoms with Crippen LogP contribution in [0.3, 0.4) is 0 Å². The molecule has 1 aromatic carbocycles. The first kappa shape index (κ1) is 14.4. The van der Waals surface area contributed by atoms with Crippen LogP contribution in [0.1, 0.15) is 45.2 Å². The first-order valence-corrected chi connectivity index (χ1v) is 7.42. The predicted octanol–water partition coefficient (Wildman–Crippen LogP) is 2.71. The average Bonchev–Trinajstić information content (AvgIpc) is 2.59. The zero-order valence-corrected chi connectivity index (χ0v) is 12.3. The summed E-state index contributed by atoms with van der Waals surface area (Å²) < 4.78 is 0. The van der Waals surface area contributed by atoms with Crippen molar-refractivity contribution in [1.29, 1.82) is 0 Å². The number of aliphatic hydroxyl groups is 1. The maximum Gasteiger partial charge on any atom is 0.0712 e. The molecule has 1 aromatic rings. The van der Waals surface area contributed by atoms with E-state index in [9.17, 15) is 5.11 Å². The summed E-state index contributed by atoms with van der Waals surface area (Å²) in [6.45, 7) is 8.15. The average molecular weight is 262 g/mol. The maximum atomic E-state index is 9.90. The fourth-order valence-corrected chi connectivity index (χ4v) is 2.93. The van der Waals surface area contributed by atoms with Crippen molar-refractivity contribution in [1.82, 2.24) is 5.32 Å². The van der Waals surface area contributed by atoms with Gasteiger partial charge in [0.25, 0.3) is 0 Å². The number of hydrogen-bond acceptors (Lipinski definition) is 3. The highest BCUT2D eigenvalue weighted by Gasteiger charge is 2.26. The summed E-state index contributed by atoms with van der Waals surface area (Å²) in [6, 6.07) is 9.20. The monoisotopic (exact) mass is 262 g/mol. The highest BCUT2D eigenvalue weighted by Crippen LogP contribution is 2.34. The number of nitrogens with zero attached hydrogens (tertiary/aromatic N) is 1. The van der Waals surface area contributed by atoms with E-state index in [-0.39, 0.29) is 12.1 Å². The summed E-state index contributed by atoms with van der Waals surface area (Å²) in [5.74, 6) is 0. The fourth-order valence-electron chi connectivity index (χ4n) is 2.93. The molecule has 106 valence electrons. The van der Waals surface area contributed by atoms with E-state index in [0.717, 1.165) is 25.9 Å². The van der Waals surface area contributed by atoms with Crippen molar-refractivity contribution < 1.29 is 5.11 Å². The smallest absolute Gasteiger partial charge is 0.0712 e. The zero-order chi connectivity index (χ0) is 13.8. The molecule has 0 aliphatic carbocycles. The largest absolute Gasteiger partial charge is 0.391 e. The molecular weight excluding hydrogens is 236 g/mol. The van der Waals surface area contributed by atoms with Crippen molar-refractivity contribution in [2.75, 3.05) is 18.0 Å². The molecule has 0 amide bonds. The van der Waals surface area contributed by atoms with Crippen LogP contribution in [0.15, 0.2) is 24.3 Å². The summed E-state index contributed by atoms with van der Waals surface area (Å²) in [7, 11) is 0. The van der Waals surface area contributed by atoms with Gasteiger partial charge in [-0.3, -0.25) is 0 Å². The molecule has 0 radical (unpaired) electrons. The third kappa shape index (κ3) is 3.10. The Morgan fingerprint density at radius 2 is 2.11 bits per heavy atom. The Kier molecular flexibility index (Phi) is 4.83. The molecule has 19 heavy (non-hydrogen) atoms. The van der Waals surface area contributed by atoms with Crippen molar-refractivity contribution in [3.63, 3.8) is 0 Å². The van der Waals surface area contributed by atoms with Gasteiger partial charge in [-0.2, -0.15) is 0 Å². The maximum absolute atomic E-state index is 9.90. The van der Waals surface area contributed by atoms with Crippen molar-refractivity contribution >= 4 is 5.69 Å². The Labute approximate surface area is 116 Å². The molecule has 0 saturated heterocycles. The Morgan fingerprint density at radius 3 is 2.79 bits per heavy atom. The molecule has 1 heterocycles. The van der Waals surface area contributed by atoms with Gasteiger partial charge in [0.15, 0.2) is 0 Å². The number of benzene rings is 1. The first-order chi connectivity index (χ1) is 9.15. The van der Waals surface area contributed by atoms with Gasteiger partial charge in [-0.1, -0.05) is 25.1 Å². The second-order valence-corrected chi connectivity index (χ2v) is 5.49. The molecule has 1 aliphatic rings. The lowest BCUT2D eigenvalue weighted by molar-refractivity contribution is 0.165. The van der Waals surface area contributed by atoms with Crippen LogP contribution >= 0.6 is 0 Å². The van der Waals surface area contributed by atoms with E-state index >= 15 is 0 Å². The summed E-state index contributed by atoms with van der Waals surface area (Å²) in [5, 5.41) is 13.5. The van der Waals surface area contributed by atoms with Gasteiger partial charge < -0.3 is 15.3 Å². The van der Waals surface area contributed by atoms with Gasteiger partial charge in [0, 0.05) is 18.3 Å². The lowest BCUT2D eigenvalue weighted by Gasteiger charge is -2.33. The molecule has 1 aliphatic heterocycles. The summed E-state index contributed by atoms with van der Waals surface area (Å²) in [6.07, 6.45) is 2.00. The summed E-state index contributed by atoms with van der Waals surface area (Å²) >= 11 is 0. The van der Waals surface area contributed by atoms with E-state index in [0.29, 0.717) is 6.04 Å². The van der Waals surface area contributed by atoms with Crippen molar-refractivity contribution in [2.45, 2.75) is 51.8 Å². The van der Waals surface area contributed by atoms with Crippen molar-refractivity contribution in [3.8, 4) is 0 Å². The van der Waals surface area contributed by atoms with E-state index in [1.54, 1.807) is 0 Å². The van der Waals surface area contributed by atoms with E-state index in [2.05, 4.69) is 48.3 Å². The third-order valence-electron chi connectivity index (χ3n) is 4.15. The standard InChI is InChI=1S/C16H26N2O/c1-4-17-15-9-7-11-18(12(2)13(3)19)16-10-6-5-8-14(15)16/h5-6,8,10,12-13,15,17,19H,4,7,9,11H2,1-3H3. The third-order valence-corrected chi connectivity index (χ3v) is 4.15. The van der Waals surface area contributed by atoms with Crippen LogP contribution < -0.4 is 10.2 Å². The van der Waals surface area contributed by atoms with Crippen LogP contribution in [-0.4, -0.2) is 30.3 Å². The van der Waals surface area contributed by atoms with Crippen LogP contribution in [0.4, 0.5) is 5.69 Å². The fraction of sp³-hybridized carbons (Fsp3) is 0.625. The van der Waals surface area contributed by atoms with Gasteiger partial charge in [-0.05, 0) is 44.9 Å². The normalized spacial score (nSPS) is 22.5. The van der Waals surface area contributed by atoms with Gasteiger partial charge >= 0.3 is 0 Å².